The number of primary amides is 1. The molecular formula is C25H31FN8O3. The second kappa shape index (κ2) is 10.1. The van der Waals surface area contributed by atoms with Gasteiger partial charge in [-0.15, -0.1) is 0 Å². The number of amides is 2. The summed E-state index contributed by atoms with van der Waals surface area (Å²) in [4.78, 5) is 35.7. The Hall–Kier alpha value is -4.06. The summed E-state index contributed by atoms with van der Waals surface area (Å²) in [5, 5.41) is 20.2. The first kappa shape index (κ1) is 26.0. The van der Waals surface area contributed by atoms with Gasteiger partial charge in [0.15, 0.2) is 11.5 Å². The fraction of sp³-hybridized carbons (Fsp3) is 0.400. The Morgan fingerprint density at radius 2 is 2.03 bits per heavy atom. The Morgan fingerprint density at radius 3 is 2.65 bits per heavy atom. The number of aromatic nitrogens is 4. The van der Waals surface area contributed by atoms with E-state index in [1.165, 1.54) is 32.2 Å². The summed E-state index contributed by atoms with van der Waals surface area (Å²) in [5.41, 5.74) is 5.06. The number of carbonyl (C=O) groups is 2. The zero-order valence-corrected chi connectivity index (χ0v) is 21.2. The van der Waals surface area contributed by atoms with Crippen LogP contribution in [0.3, 0.4) is 0 Å². The molecule has 0 unspecified atom stereocenters. The molecule has 2 aromatic heterocycles. The third kappa shape index (κ3) is 5.69. The highest BCUT2D eigenvalue weighted by Crippen LogP contribution is 2.27. The lowest BCUT2D eigenvalue weighted by Gasteiger charge is -2.40. The van der Waals surface area contributed by atoms with Gasteiger partial charge in [-0.25, -0.2) is 14.4 Å². The fourth-order valence-electron chi connectivity index (χ4n) is 4.47. The molecule has 1 saturated heterocycles. The van der Waals surface area contributed by atoms with E-state index in [0.29, 0.717) is 18.1 Å². The molecule has 0 spiro atoms. The summed E-state index contributed by atoms with van der Waals surface area (Å²) in [6, 6.07) is 3.65. The molecule has 1 aliphatic rings. The molecule has 12 heteroatoms. The Balaban J connectivity index is 1.53. The number of nitrogens with zero attached hydrogens (tertiary/aromatic N) is 5. The van der Waals surface area contributed by atoms with Crippen molar-refractivity contribution in [3.05, 3.63) is 59.4 Å². The van der Waals surface area contributed by atoms with Gasteiger partial charge in [-0.2, -0.15) is 5.10 Å². The molecule has 3 aromatic rings. The number of carbonyl (C=O) groups excluding carboxylic acids is 2. The van der Waals surface area contributed by atoms with E-state index >= 15 is 0 Å². The van der Waals surface area contributed by atoms with Gasteiger partial charge in [-0.3, -0.25) is 14.3 Å². The van der Waals surface area contributed by atoms with Crippen molar-refractivity contribution in [2.75, 3.05) is 16.8 Å². The molecule has 0 aliphatic carbocycles. The Labute approximate surface area is 213 Å². The molecule has 1 fully saturated rings. The van der Waals surface area contributed by atoms with E-state index < -0.39 is 23.2 Å². The molecule has 1 aromatic carbocycles. The lowest BCUT2D eigenvalue weighted by molar-refractivity contribution is 0.0742. The van der Waals surface area contributed by atoms with E-state index in [4.69, 9.17) is 5.73 Å². The Bertz CT molecular complexity index is 1320. The smallest absolute Gasteiger partial charge is 0.271 e. The van der Waals surface area contributed by atoms with Crippen LogP contribution in [0.2, 0.25) is 0 Å². The number of hydrogen-bond donors (Lipinski definition) is 4. The number of rotatable bonds is 7. The summed E-state index contributed by atoms with van der Waals surface area (Å²) in [7, 11) is 1.77. The summed E-state index contributed by atoms with van der Waals surface area (Å²) in [5.74, 6) is -1.04. The highest BCUT2D eigenvalue weighted by atomic mass is 19.1. The van der Waals surface area contributed by atoms with Gasteiger partial charge in [0, 0.05) is 43.0 Å². The van der Waals surface area contributed by atoms with Crippen molar-refractivity contribution >= 4 is 29.1 Å². The van der Waals surface area contributed by atoms with Crippen molar-refractivity contribution in [2.24, 2.45) is 12.8 Å². The summed E-state index contributed by atoms with van der Waals surface area (Å²) >= 11 is 0. The van der Waals surface area contributed by atoms with Crippen molar-refractivity contribution in [1.29, 1.82) is 0 Å². The quantitative estimate of drug-likeness (QED) is 0.378. The van der Waals surface area contributed by atoms with E-state index in [1.54, 1.807) is 24.1 Å². The molecule has 1 aliphatic heterocycles. The van der Waals surface area contributed by atoms with Crippen molar-refractivity contribution in [2.45, 2.75) is 51.3 Å². The third-order valence-corrected chi connectivity index (χ3v) is 6.45. The molecule has 2 atom stereocenters. The number of aryl methyl sites for hydroxylation is 1. The predicted molar refractivity (Wildman–Crippen MR) is 136 cm³/mol. The largest absolute Gasteiger partial charge is 0.386 e. The van der Waals surface area contributed by atoms with Crippen LogP contribution in [0.4, 0.5) is 21.7 Å². The fourth-order valence-corrected chi connectivity index (χ4v) is 4.47. The Kier molecular flexibility index (Phi) is 7.12. The molecule has 37 heavy (non-hydrogen) atoms. The van der Waals surface area contributed by atoms with Gasteiger partial charge in [-0.1, -0.05) is 6.07 Å². The molecule has 196 valence electrons. The highest BCUT2D eigenvalue weighted by Gasteiger charge is 2.31. The number of aliphatic hydroxyl groups is 1. The van der Waals surface area contributed by atoms with Crippen molar-refractivity contribution in [3.63, 3.8) is 0 Å². The van der Waals surface area contributed by atoms with Gasteiger partial charge in [0.2, 0.25) is 0 Å². The van der Waals surface area contributed by atoms with Gasteiger partial charge in [0.1, 0.15) is 11.6 Å². The first-order valence-electron chi connectivity index (χ1n) is 12.0. The average Bonchev–Trinajstić information content (AvgIpc) is 3.23. The molecule has 0 radical (unpaired) electrons. The van der Waals surface area contributed by atoms with Crippen LogP contribution in [0, 0.1) is 5.82 Å². The molecular weight excluding hydrogens is 479 g/mol. The molecule has 0 bridgehead atoms. The molecule has 5 N–H and O–H groups in total. The van der Waals surface area contributed by atoms with Gasteiger partial charge in [-0.05, 0) is 45.7 Å². The number of benzene rings is 1. The van der Waals surface area contributed by atoms with Crippen molar-refractivity contribution in [3.8, 4) is 0 Å². The summed E-state index contributed by atoms with van der Waals surface area (Å²) in [6.45, 7) is 5.60. The number of halogens is 1. The Morgan fingerprint density at radius 1 is 1.27 bits per heavy atom. The topological polar surface area (TPSA) is 151 Å². The van der Waals surface area contributed by atoms with Crippen LogP contribution in [0.25, 0.3) is 0 Å². The van der Waals surface area contributed by atoms with E-state index in [1.807, 2.05) is 11.8 Å². The van der Waals surface area contributed by atoms with E-state index in [2.05, 4.69) is 25.7 Å². The summed E-state index contributed by atoms with van der Waals surface area (Å²) < 4.78 is 16.1. The van der Waals surface area contributed by atoms with Crippen molar-refractivity contribution < 1.29 is 19.1 Å². The van der Waals surface area contributed by atoms with Crippen molar-refractivity contribution in [1.82, 2.24) is 25.1 Å². The first-order valence-corrected chi connectivity index (χ1v) is 12.0. The van der Waals surface area contributed by atoms with Crippen LogP contribution in [-0.2, 0) is 12.6 Å². The standard InChI is InChI=1S/C25H31FN8O3/c1-14-19(31-24(36)15-7-8-17(18(26)10-15)25(2,3)37)6-5-9-34(14)20-12-28-21(22(27)35)23(32-20)30-16-11-29-33(4)13-16/h7-8,10-14,19,37H,5-6,9H2,1-4H3,(H2,27,35)(H,30,32)(H,31,36)/t14-,19-/m1/s1. The predicted octanol–water partition coefficient (Wildman–Crippen LogP) is 2.21. The highest BCUT2D eigenvalue weighted by molar-refractivity contribution is 5.96. The third-order valence-electron chi connectivity index (χ3n) is 6.45. The molecule has 4 rings (SSSR count). The average molecular weight is 511 g/mol. The van der Waals surface area contributed by atoms with Gasteiger partial charge >= 0.3 is 0 Å². The molecule has 2 amide bonds. The number of piperidine rings is 1. The lowest BCUT2D eigenvalue weighted by atomic mass is 9.95. The number of nitrogens with one attached hydrogen (secondary N) is 2. The van der Waals surface area contributed by atoms with E-state index in [0.717, 1.165) is 18.9 Å². The van der Waals surface area contributed by atoms with Crippen LogP contribution in [0.5, 0.6) is 0 Å². The maximum Gasteiger partial charge on any atom is 0.271 e. The van der Waals surface area contributed by atoms with Crippen LogP contribution < -0.4 is 21.3 Å². The minimum Gasteiger partial charge on any atom is -0.386 e. The minimum atomic E-state index is -1.35. The second-order valence-electron chi connectivity index (χ2n) is 9.73. The molecule has 3 heterocycles. The van der Waals surface area contributed by atoms with Gasteiger partial charge < -0.3 is 26.4 Å². The van der Waals surface area contributed by atoms with Crippen LogP contribution in [0.1, 0.15) is 60.0 Å². The first-order chi connectivity index (χ1) is 17.4. The monoisotopic (exact) mass is 510 g/mol. The number of hydrogen-bond acceptors (Lipinski definition) is 8. The van der Waals surface area contributed by atoms with Crippen LogP contribution in [-0.4, -0.2) is 55.3 Å². The maximum absolute atomic E-state index is 14.5. The lowest BCUT2D eigenvalue weighted by Crippen LogP contribution is -2.54. The van der Waals surface area contributed by atoms with Gasteiger partial charge in [0.05, 0.1) is 23.7 Å². The minimum absolute atomic E-state index is 0.00125. The summed E-state index contributed by atoms with van der Waals surface area (Å²) in [6.07, 6.45) is 6.29. The van der Waals surface area contributed by atoms with E-state index in [9.17, 15) is 19.1 Å². The van der Waals surface area contributed by atoms with Crippen LogP contribution >= 0.6 is 0 Å². The zero-order chi connectivity index (χ0) is 26.9. The zero-order valence-electron chi connectivity index (χ0n) is 21.2. The van der Waals surface area contributed by atoms with Gasteiger partial charge in [0.25, 0.3) is 11.8 Å². The van der Waals surface area contributed by atoms with Crippen LogP contribution in [0.15, 0.2) is 36.8 Å². The molecule has 11 nitrogen and oxygen atoms in total. The maximum atomic E-state index is 14.5. The number of anilines is 3. The molecule has 0 saturated carbocycles. The normalized spacial score (nSPS) is 17.9. The van der Waals surface area contributed by atoms with E-state index in [-0.39, 0.29) is 34.7 Å². The second-order valence-corrected chi connectivity index (χ2v) is 9.73. The SMILES string of the molecule is C[C@@H]1[C@H](NC(=O)c2ccc(C(C)(C)O)c(F)c2)CCCN1c1cnc(C(N)=O)c(Nc2cnn(C)c2)n1. The number of nitrogens with two attached hydrogens (primary N) is 1.